The van der Waals surface area contributed by atoms with Crippen molar-refractivity contribution < 1.29 is 13.2 Å². The summed E-state index contributed by atoms with van der Waals surface area (Å²) in [4.78, 5) is 15.9. The fourth-order valence-electron chi connectivity index (χ4n) is 5.67. The summed E-state index contributed by atoms with van der Waals surface area (Å²) < 4.78 is 30.7. The summed E-state index contributed by atoms with van der Waals surface area (Å²) in [5.41, 5.74) is 5.46. The fourth-order valence-corrected chi connectivity index (χ4v) is 8.12. The van der Waals surface area contributed by atoms with E-state index in [-0.39, 0.29) is 43.2 Å². The first-order valence-corrected chi connectivity index (χ1v) is 16.9. The van der Waals surface area contributed by atoms with Crippen molar-refractivity contribution in [1.82, 2.24) is 19.0 Å². The number of carbonyl (C=O) groups excluding carboxylic acids is 1. The van der Waals surface area contributed by atoms with Crippen LogP contribution in [0.25, 0.3) is 16.9 Å². The van der Waals surface area contributed by atoms with Crippen LogP contribution in [-0.2, 0) is 15.4 Å². The van der Waals surface area contributed by atoms with E-state index in [0.717, 1.165) is 22.3 Å². The van der Waals surface area contributed by atoms with Gasteiger partial charge in [-0.15, -0.1) is 0 Å². The number of aryl methyl sites for hydroxylation is 2. The summed E-state index contributed by atoms with van der Waals surface area (Å²) >= 11 is 18.9. The van der Waals surface area contributed by atoms with Crippen LogP contribution in [0.5, 0.6) is 0 Å². The van der Waals surface area contributed by atoms with Gasteiger partial charge in [0.2, 0.25) is 10.0 Å². The highest BCUT2D eigenvalue weighted by atomic mass is 35.5. The zero-order valence-electron chi connectivity index (χ0n) is 25.6. The van der Waals surface area contributed by atoms with Crippen molar-refractivity contribution in [2.75, 3.05) is 26.2 Å². The molecule has 0 spiro atoms. The van der Waals surface area contributed by atoms with Gasteiger partial charge in [0, 0.05) is 47.4 Å². The Labute approximate surface area is 274 Å². The van der Waals surface area contributed by atoms with Crippen molar-refractivity contribution >= 4 is 50.7 Å². The second kappa shape index (κ2) is 12.1. The van der Waals surface area contributed by atoms with Crippen LogP contribution in [0.2, 0.25) is 15.1 Å². The molecular weight excluding hydrogens is 639 g/mol. The highest BCUT2D eigenvalue weighted by Gasteiger charge is 2.34. The molecule has 4 aromatic rings. The Kier molecular flexibility index (Phi) is 8.97. The summed E-state index contributed by atoms with van der Waals surface area (Å²) in [5.74, 6) is -0.277. The summed E-state index contributed by atoms with van der Waals surface area (Å²) in [6, 6.07) is 16.3. The van der Waals surface area contributed by atoms with Crippen molar-refractivity contribution in [3.63, 3.8) is 0 Å². The molecule has 11 heteroatoms. The SMILES string of the molecule is Cc1cc(C(C)(C)C)cc(C)c1S(=O)(=O)N1CCN(C(=O)c2nn(-c3ccc(Cl)cc3Cl)c(-c3ccc(Cl)cc3)c2C)CC1. The van der Waals surface area contributed by atoms with Crippen molar-refractivity contribution in [2.45, 2.75) is 51.9 Å². The largest absolute Gasteiger partial charge is 0.335 e. The third kappa shape index (κ3) is 6.15. The Balaban J connectivity index is 1.44. The molecule has 0 atom stereocenters. The van der Waals surface area contributed by atoms with E-state index in [1.54, 1.807) is 39.9 Å². The number of piperazine rings is 1. The van der Waals surface area contributed by atoms with Crippen LogP contribution in [0.15, 0.2) is 59.5 Å². The van der Waals surface area contributed by atoms with E-state index in [1.165, 1.54) is 4.31 Å². The second-order valence-corrected chi connectivity index (χ2v) is 15.4. The molecule has 1 fully saturated rings. The van der Waals surface area contributed by atoms with Crippen molar-refractivity contribution in [3.05, 3.63) is 97.6 Å². The average Bonchev–Trinajstić information content (AvgIpc) is 3.28. The number of hydrogen-bond donors (Lipinski definition) is 0. The van der Waals surface area contributed by atoms with Gasteiger partial charge in [0.05, 0.1) is 21.3 Å². The molecule has 2 heterocycles. The molecule has 44 heavy (non-hydrogen) atoms. The molecule has 0 radical (unpaired) electrons. The van der Waals surface area contributed by atoms with Gasteiger partial charge in [-0.05, 0) is 73.2 Å². The number of aromatic nitrogens is 2. The van der Waals surface area contributed by atoms with E-state index in [1.807, 2.05) is 45.0 Å². The molecule has 1 saturated heterocycles. The lowest BCUT2D eigenvalue weighted by molar-refractivity contribution is 0.0690. The normalized spacial score (nSPS) is 14.7. The molecule has 1 aromatic heterocycles. The smallest absolute Gasteiger partial charge is 0.274 e. The number of nitrogens with zero attached hydrogens (tertiary/aromatic N) is 4. The lowest BCUT2D eigenvalue weighted by Gasteiger charge is -2.34. The van der Waals surface area contributed by atoms with Gasteiger partial charge >= 0.3 is 0 Å². The minimum atomic E-state index is -3.75. The Morgan fingerprint density at radius 3 is 1.93 bits per heavy atom. The molecule has 5 rings (SSSR count). The second-order valence-electron chi connectivity index (χ2n) is 12.2. The van der Waals surface area contributed by atoms with Gasteiger partial charge in [-0.25, -0.2) is 13.1 Å². The van der Waals surface area contributed by atoms with Crippen LogP contribution >= 0.6 is 34.8 Å². The predicted molar refractivity (Wildman–Crippen MR) is 178 cm³/mol. The Hall–Kier alpha value is -2.88. The first kappa shape index (κ1) is 32.5. The van der Waals surface area contributed by atoms with Gasteiger partial charge < -0.3 is 4.90 Å². The molecular formula is C33H35Cl3N4O3S. The van der Waals surface area contributed by atoms with Crippen LogP contribution in [-0.4, -0.2) is 59.5 Å². The number of sulfonamides is 1. The Bertz CT molecular complexity index is 1830. The Morgan fingerprint density at radius 1 is 0.818 bits per heavy atom. The molecule has 0 bridgehead atoms. The summed E-state index contributed by atoms with van der Waals surface area (Å²) in [5, 5.41) is 6.19. The molecule has 1 amide bonds. The van der Waals surface area contributed by atoms with Gasteiger partial charge in [0.1, 0.15) is 0 Å². The molecule has 1 aliphatic heterocycles. The molecule has 0 saturated carbocycles. The number of halogens is 3. The first-order valence-electron chi connectivity index (χ1n) is 14.3. The van der Waals surface area contributed by atoms with E-state index in [2.05, 4.69) is 20.8 Å². The number of hydrogen-bond acceptors (Lipinski definition) is 4. The average molecular weight is 674 g/mol. The van der Waals surface area contributed by atoms with Gasteiger partial charge in [0.15, 0.2) is 5.69 Å². The van der Waals surface area contributed by atoms with E-state index >= 15 is 0 Å². The quantitative estimate of drug-likeness (QED) is 0.216. The summed E-state index contributed by atoms with van der Waals surface area (Å²) in [6.45, 7) is 12.7. The van der Waals surface area contributed by atoms with Crippen LogP contribution in [0.4, 0.5) is 0 Å². The predicted octanol–water partition coefficient (Wildman–Crippen LogP) is 7.87. The topological polar surface area (TPSA) is 75.5 Å². The van der Waals surface area contributed by atoms with Crippen molar-refractivity contribution in [3.8, 4) is 16.9 Å². The molecule has 3 aromatic carbocycles. The van der Waals surface area contributed by atoms with Gasteiger partial charge in [-0.1, -0.05) is 79.8 Å². The lowest BCUT2D eigenvalue weighted by Crippen LogP contribution is -2.50. The zero-order valence-corrected chi connectivity index (χ0v) is 28.7. The van der Waals surface area contributed by atoms with Crippen LogP contribution in [0.1, 0.15) is 53.5 Å². The maximum absolute atomic E-state index is 13.9. The standard InChI is InChI=1S/C33H35Cl3N4O3S/c1-20-17-24(33(4,5)6)18-21(2)31(20)44(42,43)39-15-13-38(14-16-39)32(41)29-22(3)30(23-7-9-25(34)10-8-23)40(37-29)28-12-11-26(35)19-27(28)36/h7-12,17-19H,13-16H2,1-6H3. The maximum Gasteiger partial charge on any atom is 0.274 e. The Morgan fingerprint density at radius 2 is 1.39 bits per heavy atom. The van der Waals surface area contributed by atoms with E-state index in [9.17, 15) is 13.2 Å². The van der Waals surface area contributed by atoms with E-state index < -0.39 is 10.0 Å². The fraction of sp³-hybridized carbons (Fsp3) is 0.333. The third-order valence-electron chi connectivity index (χ3n) is 8.03. The van der Waals surface area contributed by atoms with Crippen LogP contribution < -0.4 is 0 Å². The molecule has 0 unspecified atom stereocenters. The minimum absolute atomic E-state index is 0.0960. The van der Waals surface area contributed by atoms with Crippen LogP contribution in [0.3, 0.4) is 0 Å². The molecule has 7 nitrogen and oxygen atoms in total. The van der Waals surface area contributed by atoms with Crippen LogP contribution in [0, 0.1) is 20.8 Å². The number of carbonyl (C=O) groups is 1. The zero-order chi connectivity index (χ0) is 32.1. The number of benzene rings is 3. The third-order valence-corrected chi connectivity index (χ3v) is 11.0. The van der Waals surface area contributed by atoms with E-state index in [4.69, 9.17) is 39.9 Å². The molecule has 0 aliphatic carbocycles. The number of amides is 1. The molecule has 0 N–H and O–H groups in total. The van der Waals surface area contributed by atoms with Crippen molar-refractivity contribution in [1.29, 1.82) is 0 Å². The van der Waals surface area contributed by atoms with Gasteiger partial charge in [-0.3, -0.25) is 4.79 Å². The van der Waals surface area contributed by atoms with E-state index in [0.29, 0.717) is 36.9 Å². The monoisotopic (exact) mass is 672 g/mol. The minimum Gasteiger partial charge on any atom is -0.335 e. The lowest BCUT2D eigenvalue weighted by atomic mass is 9.85. The highest BCUT2D eigenvalue weighted by molar-refractivity contribution is 7.89. The van der Waals surface area contributed by atoms with Gasteiger partial charge in [0.25, 0.3) is 5.91 Å². The van der Waals surface area contributed by atoms with Gasteiger partial charge in [-0.2, -0.15) is 9.40 Å². The molecule has 1 aliphatic rings. The summed E-state index contributed by atoms with van der Waals surface area (Å²) in [6.07, 6.45) is 0. The summed E-state index contributed by atoms with van der Waals surface area (Å²) in [7, 11) is -3.75. The first-order chi connectivity index (χ1) is 20.6. The maximum atomic E-state index is 13.9. The number of rotatable bonds is 5. The highest BCUT2D eigenvalue weighted by Crippen LogP contribution is 2.35. The van der Waals surface area contributed by atoms with Crippen molar-refractivity contribution in [2.24, 2.45) is 0 Å². The molecule has 232 valence electrons.